The first-order valence-electron chi connectivity index (χ1n) is 8.98. The zero-order valence-electron chi connectivity index (χ0n) is 16.0. The summed E-state index contributed by atoms with van der Waals surface area (Å²) >= 11 is 0. The first kappa shape index (κ1) is 22.8. The summed E-state index contributed by atoms with van der Waals surface area (Å²) in [4.78, 5) is 14.6. The molecular weight excluding hydrogens is 406 g/mol. The maximum Gasteiger partial charge on any atom is 0.254 e. The molecule has 0 saturated carbocycles. The van der Waals surface area contributed by atoms with Crippen LogP contribution in [0.2, 0.25) is 0 Å². The smallest absolute Gasteiger partial charge is 0.254 e. The molecule has 1 fully saturated rings. The molecule has 2 N–H and O–H groups in total. The van der Waals surface area contributed by atoms with E-state index in [1.807, 2.05) is 0 Å². The van der Waals surface area contributed by atoms with Crippen LogP contribution in [0.4, 0.5) is 0 Å². The predicted molar refractivity (Wildman–Crippen MR) is 105 cm³/mol. The molecule has 1 amide bonds. The number of hydrogen-bond donors (Lipinski definition) is 2. The van der Waals surface area contributed by atoms with Crippen molar-refractivity contribution < 1.29 is 26.4 Å². The molecule has 0 aliphatic carbocycles. The largest absolute Gasteiger partial charge is 0.383 e. The SMILES string of the molecule is COCCNS(=O)(=O)c1ccc(C(=O)N2CCCC[C@@H]2CNS(C)(=O)=O)cc1. The number of piperidine rings is 1. The highest BCUT2D eigenvalue weighted by molar-refractivity contribution is 7.89. The minimum atomic E-state index is -3.67. The molecule has 0 aromatic heterocycles. The number of ether oxygens (including phenoxy) is 1. The number of sulfonamides is 2. The highest BCUT2D eigenvalue weighted by Crippen LogP contribution is 2.20. The molecule has 11 heteroatoms. The molecule has 0 unspecified atom stereocenters. The van der Waals surface area contributed by atoms with Crippen molar-refractivity contribution in [3.05, 3.63) is 29.8 Å². The molecule has 2 rings (SSSR count). The lowest BCUT2D eigenvalue weighted by Crippen LogP contribution is -2.49. The van der Waals surface area contributed by atoms with E-state index in [1.54, 1.807) is 4.90 Å². The number of carbonyl (C=O) groups is 1. The van der Waals surface area contributed by atoms with Crippen LogP contribution in [0, 0.1) is 0 Å². The van der Waals surface area contributed by atoms with Crippen molar-refractivity contribution in [2.45, 2.75) is 30.2 Å². The van der Waals surface area contributed by atoms with Crippen molar-refractivity contribution in [3.8, 4) is 0 Å². The second kappa shape index (κ2) is 9.79. The number of likely N-dealkylation sites (tertiary alicyclic amines) is 1. The molecule has 1 atom stereocenters. The van der Waals surface area contributed by atoms with E-state index in [0.717, 1.165) is 19.1 Å². The van der Waals surface area contributed by atoms with Gasteiger partial charge < -0.3 is 9.64 Å². The van der Waals surface area contributed by atoms with Gasteiger partial charge in [-0.25, -0.2) is 26.3 Å². The summed E-state index contributed by atoms with van der Waals surface area (Å²) in [5, 5.41) is 0. The number of carbonyl (C=O) groups excluding carboxylic acids is 1. The standard InChI is InChI=1S/C17H27N3O6S2/c1-26-12-10-18-28(24,25)16-8-6-14(7-9-16)17(21)20-11-4-3-5-15(20)13-19-27(2,22)23/h6-9,15,18-19H,3-5,10-13H2,1-2H3/t15-/m1/s1. The molecule has 1 aliphatic heterocycles. The third kappa shape index (κ3) is 6.52. The lowest BCUT2D eigenvalue weighted by Gasteiger charge is -2.35. The van der Waals surface area contributed by atoms with Crippen LogP contribution in [0.1, 0.15) is 29.6 Å². The number of amides is 1. The summed E-state index contributed by atoms with van der Waals surface area (Å²) < 4.78 is 56.8. The number of hydrogen-bond acceptors (Lipinski definition) is 6. The van der Waals surface area contributed by atoms with Crippen molar-refractivity contribution in [2.24, 2.45) is 0 Å². The minimum Gasteiger partial charge on any atom is -0.383 e. The fourth-order valence-electron chi connectivity index (χ4n) is 3.03. The van der Waals surface area contributed by atoms with Crippen LogP contribution in [0.15, 0.2) is 29.2 Å². The van der Waals surface area contributed by atoms with E-state index in [2.05, 4.69) is 9.44 Å². The van der Waals surface area contributed by atoms with E-state index in [9.17, 15) is 21.6 Å². The van der Waals surface area contributed by atoms with Crippen LogP contribution < -0.4 is 9.44 Å². The Morgan fingerprint density at radius 1 is 1.14 bits per heavy atom. The van der Waals surface area contributed by atoms with E-state index in [0.29, 0.717) is 18.5 Å². The second-order valence-corrected chi connectivity index (χ2v) is 10.3. The van der Waals surface area contributed by atoms with E-state index >= 15 is 0 Å². The van der Waals surface area contributed by atoms with E-state index in [-0.39, 0.29) is 36.5 Å². The highest BCUT2D eigenvalue weighted by atomic mass is 32.2. The molecule has 1 aromatic carbocycles. The third-order valence-corrected chi connectivity index (χ3v) is 6.65. The minimum absolute atomic E-state index is 0.0640. The molecule has 0 radical (unpaired) electrons. The predicted octanol–water partition coefficient (Wildman–Crippen LogP) is 0.155. The second-order valence-electron chi connectivity index (χ2n) is 6.68. The number of nitrogens with one attached hydrogen (secondary N) is 2. The van der Waals surface area contributed by atoms with Crippen LogP contribution >= 0.6 is 0 Å². The Kier molecular flexibility index (Phi) is 7.96. The highest BCUT2D eigenvalue weighted by Gasteiger charge is 2.28. The lowest BCUT2D eigenvalue weighted by molar-refractivity contribution is 0.0618. The van der Waals surface area contributed by atoms with E-state index < -0.39 is 20.0 Å². The van der Waals surface area contributed by atoms with Gasteiger partial charge in [-0.1, -0.05) is 0 Å². The van der Waals surface area contributed by atoms with Gasteiger partial charge in [-0.3, -0.25) is 4.79 Å². The average molecular weight is 434 g/mol. The molecule has 158 valence electrons. The van der Waals surface area contributed by atoms with Crippen molar-refractivity contribution in [3.63, 3.8) is 0 Å². The number of methoxy groups -OCH3 is 1. The normalized spacial score (nSPS) is 18.2. The van der Waals surface area contributed by atoms with Gasteiger partial charge >= 0.3 is 0 Å². The van der Waals surface area contributed by atoms with Gasteiger partial charge in [-0.05, 0) is 43.5 Å². The van der Waals surface area contributed by atoms with Gasteiger partial charge in [0.1, 0.15) is 0 Å². The summed E-state index contributed by atoms with van der Waals surface area (Å²) in [6.45, 7) is 1.12. The molecule has 1 heterocycles. The fourth-order valence-corrected chi connectivity index (χ4v) is 4.54. The Morgan fingerprint density at radius 2 is 1.82 bits per heavy atom. The Labute approximate surface area is 166 Å². The molecule has 1 aliphatic rings. The van der Waals surface area contributed by atoms with Gasteiger partial charge in [0.25, 0.3) is 5.91 Å². The van der Waals surface area contributed by atoms with E-state index in [4.69, 9.17) is 4.74 Å². The summed E-state index contributed by atoms with van der Waals surface area (Å²) in [5.41, 5.74) is 0.363. The maximum atomic E-state index is 12.9. The molecule has 9 nitrogen and oxygen atoms in total. The summed E-state index contributed by atoms with van der Waals surface area (Å²) in [5.74, 6) is -0.240. The molecule has 1 saturated heterocycles. The zero-order valence-corrected chi connectivity index (χ0v) is 17.7. The maximum absolute atomic E-state index is 12.9. The van der Waals surface area contributed by atoms with Gasteiger partial charge in [-0.15, -0.1) is 0 Å². The van der Waals surface area contributed by atoms with Crippen LogP contribution in [-0.4, -0.2) is 73.3 Å². The van der Waals surface area contributed by atoms with Crippen LogP contribution in [0.25, 0.3) is 0 Å². The molecule has 28 heavy (non-hydrogen) atoms. The summed E-state index contributed by atoms with van der Waals surface area (Å²) in [6, 6.07) is 5.49. The lowest BCUT2D eigenvalue weighted by atomic mass is 10.0. The molecular formula is C17H27N3O6S2. The molecule has 1 aromatic rings. The van der Waals surface area contributed by atoms with Gasteiger partial charge in [0, 0.05) is 38.3 Å². The van der Waals surface area contributed by atoms with Crippen LogP contribution in [-0.2, 0) is 24.8 Å². The Morgan fingerprint density at radius 3 is 2.43 bits per heavy atom. The third-order valence-electron chi connectivity index (χ3n) is 4.48. The van der Waals surface area contributed by atoms with Crippen LogP contribution in [0.5, 0.6) is 0 Å². The summed E-state index contributed by atoms with van der Waals surface area (Å²) in [7, 11) is -5.53. The van der Waals surface area contributed by atoms with Gasteiger partial charge in [-0.2, -0.15) is 0 Å². The molecule has 0 spiro atoms. The Balaban J connectivity index is 2.10. The first-order chi connectivity index (χ1) is 13.1. The van der Waals surface area contributed by atoms with Crippen molar-refractivity contribution in [2.75, 3.05) is 39.6 Å². The number of nitrogens with zero attached hydrogens (tertiary/aromatic N) is 1. The Hall–Kier alpha value is -1.53. The van der Waals surface area contributed by atoms with Gasteiger partial charge in [0.15, 0.2) is 0 Å². The van der Waals surface area contributed by atoms with Crippen molar-refractivity contribution in [1.82, 2.24) is 14.3 Å². The molecule has 0 bridgehead atoms. The van der Waals surface area contributed by atoms with Crippen LogP contribution in [0.3, 0.4) is 0 Å². The average Bonchev–Trinajstić information content (AvgIpc) is 2.66. The van der Waals surface area contributed by atoms with Crippen molar-refractivity contribution in [1.29, 1.82) is 0 Å². The van der Waals surface area contributed by atoms with Gasteiger partial charge in [0.05, 0.1) is 17.8 Å². The van der Waals surface area contributed by atoms with Gasteiger partial charge in [0.2, 0.25) is 20.0 Å². The van der Waals surface area contributed by atoms with Crippen molar-refractivity contribution >= 4 is 26.0 Å². The first-order valence-corrected chi connectivity index (χ1v) is 12.4. The zero-order chi connectivity index (χ0) is 20.8. The fraction of sp³-hybridized carbons (Fsp3) is 0.588. The number of rotatable bonds is 9. The number of benzene rings is 1. The Bertz CT molecular complexity index is 869. The topological polar surface area (TPSA) is 122 Å². The quantitative estimate of drug-likeness (QED) is 0.535. The summed E-state index contributed by atoms with van der Waals surface area (Å²) in [6.07, 6.45) is 3.56. The monoisotopic (exact) mass is 433 g/mol. The van der Waals surface area contributed by atoms with E-state index in [1.165, 1.54) is 31.4 Å².